The van der Waals surface area contributed by atoms with Gasteiger partial charge in [0.25, 0.3) is 0 Å². The fraction of sp³-hybridized carbons (Fsp3) is 0.588. The summed E-state index contributed by atoms with van der Waals surface area (Å²) >= 11 is 1.67. The summed E-state index contributed by atoms with van der Waals surface area (Å²) in [4.78, 5) is 30.0. The van der Waals surface area contributed by atoms with Gasteiger partial charge in [-0.05, 0) is 44.2 Å². The van der Waals surface area contributed by atoms with Gasteiger partial charge in [-0.15, -0.1) is 16.9 Å². The van der Waals surface area contributed by atoms with Crippen LogP contribution < -0.4 is 5.32 Å². The van der Waals surface area contributed by atoms with E-state index in [1.807, 2.05) is 13.8 Å². The van der Waals surface area contributed by atoms with E-state index >= 15 is 0 Å². The Kier molecular flexibility index (Phi) is 3.52. The van der Waals surface area contributed by atoms with Crippen molar-refractivity contribution < 1.29 is 14.0 Å². The second kappa shape index (κ2) is 5.57. The van der Waals surface area contributed by atoms with E-state index in [9.17, 15) is 9.59 Å². The molecule has 4 atom stereocenters. The minimum atomic E-state index is -0.665. The van der Waals surface area contributed by atoms with Gasteiger partial charge in [0.2, 0.25) is 11.8 Å². The molecule has 0 spiro atoms. The van der Waals surface area contributed by atoms with E-state index in [0.717, 1.165) is 5.56 Å². The summed E-state index contributed by atoms with van der Waals surface area (Å²) in [6.45, 7) is 7.97. The molecular formula is C17H21N7O3S. The lowest BCUT2D eigenvalue weighted by atomic mass is 9.93. The number of thioether (sulfide) groups is 1. The molecule has 148 valence electrons. The van der Waals surface area contributed by atoms with E-state index in [1.165, 1.54) is 0 Å². The Bertz CT molecular complexity index is 927. The van der Waals surface area contributed by atoms with Gasteiger partial charge in [-0.2, -0.15) is 0 Å². The summed E-state index contributed by atoms with van der Waals surface area (Å²) in [6.07, 6.45) is 3.10. The highest BCUT2D eigenvalue weighted by Crippen LogP contribution is 2.58. The number of nitrogens with zero attached hydrogens (tertiary/aromatic N) is 5. The lowest BCUT2D eigenvalue weighted by Crippen LogP contribution is -2.71. The number of rotatable bonds is 3. The van der Waals surface area contributed by atoms with E-state index in [2.05, 4.69) is 39.8 Å². The summed E-state index contributed by atoms with van der Waals surface area (Å²) < 4.78 is 4.85. The molecule has 0 aliphatic carbocycles. The number of amides is 2. The van der Waals surface area contributed by atoms with Crippen molar-refractivity contribution in [2.45, 2.75) is 61.6 Å². The summed E-state index contributed by atoms with van der Waals surface area (Å²) in [5.74, 6) is 0.362. The maximum Gasteiger partial charge on any atom is 0.250 e. The zero-order chi connectivity index (χ0) is 19.8. The van der Waals surface area contributed by atoms with Gasteiger partial charge >= 0.3 is 0 Å². The van der Waals surface area contributed by atoms with Gasteiger partial charge in [0.05, 0.1) is 18.2 Å². The van der Waals surface area contributed by atoms with Crippen molar-refractivity contribution in [3.05, 3.63) is 30.0 Å². The van der Waals surface area contributed by atoms with Crippen LogP contribution in [0.1, 0.15) is 51.2 Å². The topological polar surface area (TPSA) is 120 Å². The third-order valence-electron chi connectivity index (χ3n) is 5.77. The monoisotopic (exact) mass is 403 g/mol. The van der Waals surface area contributed by atoms with Gasteiger partial charge in [-0.3, -0.25) is 14.9 Å². The molecule has 2 amide bonds. The van der Waals surface area contributed by atoms with Gasteiger partial charge in [0.1, 0.15) is 23.5 Å². The second-order valence-electron chi connectivity index (χ2n) is 8.39. The number of fused-ring (bicyclic) bond motifs is 1. The van der Waals surface area contributed by atoms with Gasteiger partial charge in [0.15, 0.2) is 5.82 Å². The van der Waals surface area contributed by atoms with Crippen molar-refractivity contribution in [3.8, 4) is 0 Å². The Morgan fingerprint density at radius 3 is 2.64 bits per heavy atom. The summed E-state index contributed by atoms with van der Waals surface area (Å²) in [5, 5.41) is 17.3. The normalized spacial score (nSPS) is 33.3. The Morgan fingerprint density at radius 2 is 2.00 bits per heavy atom. The molecular weight excluding hydrogens is 382 g/mol. The summed E-state index contributed by atoms with van der Waals surface area (Å²) in [6, 6.07) is 0.450. The molecule has 10 nitrogen and oxygen atoms in total. The number of carbonyl (C=O) groups excluding carboxylic acids is 2. The third kappa shape index (κ3) is 2.23. The number of H-pyrrole nitrogens is 1. The van der Waals surface area contributed by atoms with Crippen molar-refractivity contribution in [1.29, 1.82) is 0 Å². The van der Waals surface area contributed by atoms with Crippen LogP contribution in [0.2, 0.25) is 0 Å². The Morgan fingerprint density at radius 1 is 1.21 bits per heavy atom. The number of nitrogens with one attached hydrogen (secondary N) is 2. The highest BCUT2D eigenvalue weighted by Gasteiger charge is 2.67. The largest absolute Gasteiger partial charge is 0.472 e. The smallest absolute Gasteiger partial charge is 0.250 e. The predicted molar refractivity (Wildman–Crippen MR) is 98.5 cm³/mol. The molecule has 2 aromatic heterocycles. The van der Waals surface area contributed by atoms with Gasteiger partial charge < -0.3 is 14.2 Å². The zero-order valence-electron chi connectivity index (χ0n) is 15.9. The molecule has 0 radical (unpaired) electrons. The van der Waals surface area contributed by atoms with Crippen LogP contribution in [0.5, 0.6) is 0 Å². The summed E-state index contributed by atoms with van der Waals surface area (Å²) in [7, 11) is 0. The van der Waals surface area contributed by atoms with Crippen LogP contribution in [0.3, 0.4) is 0 Å². The van der Waals surface area contributed by atoms with Crippen LogP contribution in [0, 0.1) is 0 Å². The molecule has 2 N–H and O–H groups in total. The molecule has 0 aromatic carbocycles. The standard InChI is InChI=1S/C17H21N7O3S/c1-16(2)11(12-19-21-22-20-12)23-14(26)10(15(23)28-16)24-13(25)9(18-17(24,3)4)8-5-6-27-7-8/h5-7,9-11,15,18H,1-4H3,(H,19,20,21,22)/t9?,10?,11?,15-/m0/s1. The number of furan rings is 1. The molecule has 5 rings (SSSR count). The molecule has 2 aromatic rings. The average molecular weight is 403 g/mol. The molecule has 11 heteroatoms. The number of β-lactam (4-membered cyclic amide) rings is 1. The molecule has 5 heterocycles. The van der Waals surface area contributed by atoms with Crippen LogP contribution in [-0.4, -0.2) is 64.1 Å². The fourth-order valence-corrected chi connectivity index (χ4v) is 6.29. The maximum absolute atomic E-state index is 13.3. The third-order valence-corrected chi connectivity index (χ3v) is 7.33. The molecule has 0 saturated carbocycles. The first kappa shape index (κ1) is 17.7. The quantitative estimate of drug-likeness (QED) is 0.722. The molecule has 3 fully saturated rings. The average Bonchev–Trinajstić information content (AvgIpc) is 3.38. The first-order valence-corrected chi connectivity index (χ1v) is 9.97. The number of hydrogen-bond acceptors (Lipinski definition) is 8. The van der Waals surface area contributed by atoms with Gasteiger partial charge in [-0.1, -0.05) is 0 Å². The van der Waals surface area contributed by atoms with E-state index in [1.54, 1.807) is 40.2 Å². The maximum atomic E-state index is 13.3. The van der Waals surface area contributed by atoms with Crippen LogP contribution in [0.4, 0.5) is 0 Å². The lowest BCUT2D eigenvalue weighted by Gasteiger charge is -2.50. The van der Waals surface area contributed by atoms with E-state index in [4.69, 9.17) is 4.42 Å². The van der Waals surface area contributed by atoms with Gasteiger partial charge in [0, 0.05) is 10.3 Å². The highest BCUT2D eigenvalue weighted by molar-refractivity contribution is 8.01. The van der Waals surface area contributed by atoms with Crippen molar-refractivity contribution in [2.75, 3.05) is 0 Å². The molecule has 0 bridgehead atoms. The predicted octanol–water partition coefficient (Wildman–Crippen LogP) is 0.805. The highest BCUT2D eigenvalue weighted by atomic mass is 32.2. The van der Waals surface area contributed by atoms with Crippen LogP contribution in [0.25, 0.3) is 0 Å². The SMILES string of the molecule is CC1(C)S[C@H]2C(N3C(=O)C(c4ccoc4)NC3(C)C)C(=O)N2C1c1nnn[nH]1. The van der Waals surface area contributed by atoms with E-state index in [0.29, 0.717) is 5.82 Å². The van der Waals surface area contributed by atoms with Crippen LogP contribution >= 0.6 is 11.8 Å². The minimum absolute atomic E-state index is 0.0828. The molecule has 3 aliphatic heterocycles. The van der Waals surface area contributed by atoms with Crippen molar-refractivity contribution in [2.24, 2.45) is 0 Å². The fourth-order valence-electron chi connectivity index (χ4n) is 4.61. The first-order valence-electron chi connectivity index (χ1n) is 9.09. The number of aromatic nitrogens is 4. The van der Waals surface area contributed by atoms with Crippen molar-refractivity contribution >= 4 is 23.6 Å². The molecule has 3 saturated heterocycles. The summed E-state index contributed by atoms with van der Waals surface area (Å²) in [5.41, 5.74) is 0.0939. The molecule has 3 unspecified atom stereocenters. The van der Waals surface area contributed by atoms with Crippen LogP contribution in [0.15, 0.2) is 23.0 Å². The molecule has 3 aliphatic rings. The Hall–Kier alpha value is -2.40. The minimum Gasteiger partial charge on any atom is -0.472 e. The van der Waals surface area contributed by atoms with E-state index in [-0.39, 0.29) is 28.0 Å². The zero-order valence-corrected chi connectivity index (χ0v) is 16.7. The van der Waals surface area contributed by atoms with Gasteiger partial charge in [-0.25, -0.2) is 5.10 Å². The Balaban J connectivity index is 1.47. The lowest BCUT2D eigenvalue weighted by molar-refractivity contribution is -0.165. The number of tetrazole rings is 1. The first-order chi connectivity index (χ1) is 13.2. The van der Waals surface area contributed by atoms with Crippen molar-refractivity contribution in [3.63, 3.8) is 0 Å². The Labute approximate surface area is 165 Å². The van der Waals surface area contributed by atoms with Crippen molar-refractivity contribution in [1.82, 2.24) is 35.7 Å². The number of carbonyl (C=O) groups is 2. The number of hydrogen-bond donors (Lipinski definition) is 2. The second-order valence-corrected chi connectivity index (χ2v) is 10.2. The number of aromatic amines is 1. The van der Waals surface area contributed by atoms with E-state index < -0.39 is 17.7 Å². The molecule has 28 heavy (non-hydrogen) atoms. The van der Waals surface area contributed by atoms with Crippen LogP contribution in [-0.2, 0) is 9.59 Å².